The summed E-state index contributed by atoms with van der Waals surface area (Å²) in [5, 5.41) is 8.48. The number of nitrogens with zero attached hydrogens (tertiary/aromatic N) is 2. The van der Waals surface area contributed by atoms with Gasteiger partial charge in [-0.05, 0) is 44.6 Å². The van der Waals surface area contributed by atoms with Crippen molar-refractivity contribution in [1.82, 2.24) is 9.21 Å². The van der Waals surface area contributed by atoms with E-state index in [4.69, 9.17) is 9.52 Å². The summed E-state index contributed by atoms with van der Waals surface area (Å²) >= 11 is 0. The summed E-state index contributed by atoms with van der Waals surface area (Å²) in [5.74, 6) is -1.65. The van der Waals surface area contributed by atoms with Gasteiger partial charge in [-0.25, -0.2) is 13.2 Å². The number of likely N-dealkylation sites (tertiary alicyclic amines) is 1. The molecule has 7 nitrogen and oxygen atoms in total. The van der Waals surface area contributed by atoms with Crippen molar-refractivity contribution in [1.29, 1.82) is 0 Å². The molecule has 0 aromatic carbocycles. The highest BCUT2D eigenvalue weighted by molar-refractivity contribution is 7.89. The number of furan rings is 1. The number of hydrogen-bond donors (Lipinski definition) is 1. The molecule has 2 heterocycles. The molecule has 0 unspecified atom stereocenters. The third-order valence-electron chi connectivity index (χ3n) is 3.94. The van der Waals surface area contributed by atoms with Crippen LogP contribution in [0.4, 0.5) is 0 Å². The van der Waals surface area contributed by atoms with Crippen LogP contribution >= 0.6 is 0 Å². The Morgan fingerprint density at radius 2 is 2.05 bits per heavy atom. The predicted molar refractivity (Wildman–Crippen MR) is 75.8 cm³/mol. The summed E-state index contributed by atoms with van der Waals surface area (Å²) < 4.78 is 31.1. The molecule has 0 bridgehead atoms. The molecule has 0 atom stereocenters. The summed E-state index contributed by atoms with van der Waals surface area (Å²) in [4.78, 5) is 13.0. The van der Waals surface area contributed by atoms with Crippen LogP contribution < -0.4 is 0 Å². The third kappa shape index (κ3) is 3.28. The monoisotopic (exact) mass is 316 g/mol. The maximum atomic E-state index is 12.4. The Bertz CT molecular complexity index is 602. The van der Waals surface area contributed by atoms with Gasteiger partial charge in [-0.3, -0.25) is 0 Å². The summed E-state index contributed by atoms with van der Waals surface area (Å²) in [5.41, 5.74) is 0. The van der Waals surface area contributed by atoms with E-state index in [-0.39, 0.29) is 16.9 Å². The highest BCUT2D eigenvalue weighted by Crippen LogP contribution is 2.24. The Morgan fingerprint density at radius 1 is 1.43 bits per heavy atom. The number of carboxylic acids is 1. The van der Waals surface area contributed by atoms with E-state index < -0.39 is 16.0 Å². The van der Waals surface area contributed by atoms with Crippen molar-refractivity contribution in [2.24, 2.45) is 0 Å². The van der Waals surface area contributed by atoms with Gasteiger partial charge < -0.3 is 14.4 Å². The Kier molecular flexibility index (Phi) is 4.70. The largest absolute Gasteiger partial charge is 0.475 e. The van der Waals surface area contributed by atoms with E-state index in [2.05, 4.69) is 11.8 Å². The molecular formula is C13H20N2O5S. The summed E-state index contributed by atoms with van der Waals surface area (Å²) in [6.45, 7) is 4.76. The second-order valence-corrected chi connectivity index (χ2v) is 7.04. The van der Waals surface area contributed by atoms with Gasteiger partial charge >= 0.3 is 5.97 Å². The second kappa shape index (κ2) is 6.17. The van der Waals surface area contributed by atoms with Gasteiger partial charge in [0.15, 0.2) is 0 Å². The fourth-order valence-corrected chi connectivity index (χ4v) is 3.83. The lowest BCUT2D eigenvalue weighted by atomic mass is 10.1. The quantitative estimate of drug-likeness (QED) is 0.874. The molecule has 21 heavy (non-hydrogen) atoms. The van der Waals surface area contributed by atoms with Crippen LogP contribution in [0.1, 0.15) is 30.3 Å². The minimum Gasteiger partial charge on any atom is -0.475 e. The van der Waals surface area contributed by atoms with Crippen molar-refractivity contribution in [2.45, 2.75) is 30.9 Å². The average Bonchev–Trinajstić information content (AvgIpc) is 2.97. The Morgan fingerprint density at radius 3 is 2.52 bits per heavy atom. The first-order valence-electron chi connectivity index (χ1n) is 6.89. The number of hydrogen-bond acceptors (Lipinski definition) is 5. The first kappa shape index (κ1) is 16.0. The second-order valence-electron chi connectivity index (χ2n) is 5.11. The van der Waals surface area contributed by atoms with Crippen LogP contribution in [0.15, 0.2) is 21.6 Å². The fourth-order valence-electron chi connectivity index (χ4n) is 2.51. The Hall–Kier alpha value is -1.38. The van der Waals surface area contributed by atoms with E-state index in [1.807, 2.05) is 0 Å². The highest BCUT2D eigenvalue weighted by Gasteiger charge is 2.33. The molecule has 1 aliphatic heterocycles. The lowest BCUT2D eigenvalue weighted by molar-refractivity contribution is 0.0656. The zero-order valence-electron chi connectivity index (χ0n) is 12.2. The van der Waals surface area contributed by atoms with Crippen LogP contribution in [0, 0.1) is 0 Å². The van der Waals surface area contributed by atoms with Crippen molar-refractivity contribution in [3.05, 3.63) is 17.9 Å². The molecule has 2 rings (SSSR count). The van der Waals surface area contributed by atoms with Gasteiger partial charge in [-0.15, -0.1) is 0 Å². The number of carbonyl (C=O) groups is 1. The lowest BCUT2D eigenvalue weighted by Gasteiger charge is -2.35. The molecule has 1 aromatic heterocycles. The van der Waals surface area contributed by atoms with Crippen LogP contribution in [0.2, 0.25) is 0 Å². The van der Waals surface area contributed by atoms with Gasteiger partial charge in [0, 0.05) is 13.1 Å². The third-order valence-corrected chi connectivity index (χ3v) is 5.73. The molecule has 0 aliphatic carbocycles. The van der Waals surface area contributed by atoms with E-state index >= 15 is 0 Å². The van der Waals surface area contributed by atoms with Crippen molar-refractivity contribution in [2.75, 3.05) is 26.7 Å². The van der Waals surface area contributed by atoms with Crippen LogP contribution in [0.25, 0.3) is 0 Å². The van der Waals surface area contributed by atoms with E-state index in [1.54, 1.807) is 0 Å². The maximum absolute atomic E-state index is 12.4. The molecule has 8 heteroatoms. The van der Waals surface area contributed by atoms with Crippen molar-refractivity contribution < 1.29 is 22.7 Å². The van der Waals surface area contributed by atoms with E-state index in [0.717, 1.165) is 38.5 Å². The molecule has 1 aliphatic rings. The van der Waals surface area contributed by atoms with Crippen LogP contribution in [0.3, 0.4) is 0 Å². The smallest absolute Gasteiger partial charge is 0.371 e. The summed E-state index contributed by atoms with van der Waals surface area (Å²) in [7, 11) is -2.27. The first-order chi connectivity index (χ1) is 9.86. The summed E-state index contributed by atoms with van der Waals surface area (Å²) in [6, 6.07) is 2.26. The SMILES string of the molecule is CCN1CCC(N(C)S(=O)(=O)c2ccc(C(=O)O)o2)CC1. The van der Waals surface area contributed by atoms with Crippen LogP contribution in [-0.2, 0) is 10.0 Å². The number of carboxylic acid groups (broad SMARTS) is 1. The van der Waals surface area contributed by atoms with Gasteiger partial charge in [0.2, 0.25) is 10.9 Å². The normalized spacial score (nSPS) is 18.2. The molecule has 0 amide bonds. The van der Waals surface area contributed by atoms with Crippen molar-refractivity contribution >= 4 is 16.0 Å². The molecule has 1 fully saturated rings. The zero-order chi connectivity index (χ0) is 15.6. The van der Waals surface area contributed by atoms with Crippen LogP contribution in [-0.4, -0.2) is 61.4 Å². The minimum absolute atomic E-state index is 0.0869. The topological polar surface area (TPSA) is 91.1 Å². The highest BCUT2D eigenvalue weighted by atomic mass is 32.2. The number of sulfonamides is 1. The molecular weight excluding hydrogens is 296 g/mol. The predicted octanol–water partition coefficient (Wildman–Crippen LogP) is 1.08. The molecule has 0 spiro atoms. The van der Waals surface area contributed by atoms with Gasteiger partial charge in [-0.2, -0.15) is 4.31 Å². The Labute approximate surface area is 124 Å². The summed E-state index contributed by atoms with van der Waals surface area (Å²) in [6.07, 6.45) is 1.52. The molecule has 1 saturated heterocycles. The van der Waals surface area contributed by atoms with Crippen LogP contribution in [0.5, 0.6) is 0 Å². The number of rotatable bonds is 5. The first-order valence-corrected chi connectivity index (χ1v) is 8.33. The fraction of sp³-hybridized carbons (Fsp3) is 0.615. The Balaban J connectivity index is 2.13. The van der Waals surface area contributed by atoms with Gasteiger partial charge in [0.05, 0.1) is 0 Å². The van der Waals surface area contributed by atoms with E-state index in [1.165, 1.54) is 17.4 Å². The standard InChI is InChI=1S/C13H20N2O5S/c1-3-15-8-6-10(7-9-15)14(2)21(18,19)12-5-4-11(20-12)13(16)17/h4-5,10H,3,6-9H2,1-2H3,(H,16,17). The van der Waals surface area contributed by atoms with Gasteiger partial charge in [0.25, 0.3) is 10.0 Å². The van der Waals surface area contributed by atoms with E-state index in [0.29, 0.717) is 0 Å². The zero-order valence-corrected chi connectivity index (χ0v) is 13.0. The van der Waals surface area contributed by atoms with Gasteiger partial charge in [0.1, 0.15) is 0 Å². The lowest BCUT2D eigenvalue weighted by Crippen LogP contribution is -2.45. The van der Waals surface area contributed by atoms with E-state index in [9.17, 15) is 13.2 Å². The molecule has 1 N–H and O–H groups in total. The molecule has 118 valence electrons. The number of aromatic carboxylic acids is 1. The molecule has 0 radical (unpaired) electrons. The van der Waals surface area contributed by atoms with Crippen molar-refractivity contribution in [3.8, 4) is 0 Å². The number of piperidine rings is 1. The maximum Gasteiger partial charge on any atom is 0.371 e. The molecule has 0 saturated carbocycles. The van der Waals surface area contributed by atoms with Gasteiger partial charge in [-0.1, -0.05) is 6.92 Å². The van der Waals surface area contributed by atoms with Crippen molar-refractivity contribution in [3.63, 3.8) is 0 Å². The average molecular weight is 316 g/mol. The molecule has 1 aromatic rings. The minimum atomic E-state index is -3.79.